The first-order valence-electron chi connectivity index (χ1n) is 7.93. The summed E-state index contributed by atoms with van der Waals surface area (Å²) in [4.78, 5) is 11.5. The highest BCUT2D eigenvalue weighted by molar-refractivity contribution is 7.89. The van der Waals surface area contributed by atoms with Gasteiger partial charge in [0.15, 0.2) is 0 Å². The molecule has 5 nitrogen and oxygen atoms in total. The molecule has 0 aromatic heterocycles. The largest absolute Gasteiger partial charge is 0.356 e. The van der Waals surface area contributed by atoms with Gasteiger partial charge in [0, 0.05) is 31.5 Å². The van der Waals surface area contributed by atoms with Gasteiger partial charge in [0.25, 0.3) is 0 Å². The van der Waals surface area contributed by atoms with Gasteiger partial charge in [-0.2, -0.15) is 4.31 Å². The first kappa shape index (κ1) is 16.4. The molecule has 0 bridgehead atoms. The molecule has 2 aliphatic rings. The van der Waals surface area contributed by atoms with E-state index >= 15 is 0 Å². The lowest BCUT2D eigenvalue weighted by Crippen LogP contribution is -2.48. The minimum Gasteiger partial charge on any atom is -0.356 e. The van der Waals surface area contributed by atoms with Crippen LogP contribution in [-0.2, 0) is 14.8 Å². The Balaban J connectivity index is 1.94. The topological polar surface area (TPSA) is 66.5 Å². The average molecular weight is 340 g/mol. The van der Waals surface area contributed by atoms with Crippen LogP contribution in [0.5, 0.6) is 0 Å². The quantitative estimate of drug-likeness (QED) is 0.913. The van der Waals surface area contributed by atoms with Crippen LogP contribution >= 0.6 is 0 Å². The van der Waals surface area contributed by atoms with Crippen LogP contribution in [0.4, 0.5) is 4.39 Å². The van der Waals surface area contributed by atoms with E-state index in [0.717, 1.165) is 25.3 Å². The number of hydrogen-bond acceptors (Lipinski definition) is 3. The first-order valence-corrected chi connectivity index (χ1v) is 9.37. The summed E-state index contributed by atoms with van der Waals surface area (Å²) in [5.41, 5.74) is 0.579. The second kappa shape index (κ2) is 6.20. The van der Waals surface area contributed by atoms with E-state index < -0.39 is 15.8 Å². The highest BCUT2D eigenvalue weighted by Crippen LogP contribution is 2.32. The number of nitrogens with one attached hydrogen (secondary N) is 1. The van der Waals surface area contributed by atoms with E-state index in [9.17, 15) is 17.6 Å². The molecule has 23 heavy (non-hydrogen) atoms. The fraction of sp³-hybridized carbons (Fsp3) is 0.562. The molecule has 0 saturated carbocycles. The van der Waals surface area contributed by atoms with E-state index in [1.165, 1.54) is 16.4 Å². The van der Waals surface area contributed by atoms with Crippen LogP contribution in [0.25, 0.3) is 0 Å². The Labute approximate surface area is 135 Å². The number of carbonyl (C=O) groups excluding carboxylic acids is 1. The van der Waals surface area contributed by atoms with Crippen LogP contribution < -0.4 is 5.32 Å². The van der Waals surface area contributed by atoms with Crippen LogP contribution in [-0.4, -0.2) is 37.8 Å². The van der Waals surface area contributed by atoms with Crippen LogP contribution in [0.15, 0.2) is 23.1 Å². The lowest BCUT2D eigenvalue weighted by molar-refractivity contribution is -0.119. The maximum absolute atomic E-state index is 13.6. The molecule has 0 radical (unpaired) electrons. The second-order valence-electron chi connectivity index (χ2n) is 6.41. The van der Waals surface area contributed by atoms with Gasteiger partial charge in [-0.15, -0.1) is 0 Å². The van der Waals surface area contributed by atoms with Crippen molar-refractivity contribution in [2.24, 2.45) is 5.92 Å². The molecule has 2 saturated heterocycles. The molecule has 2 aliphatic heterocycles. The van der Waals surface area contributed by atoms with Crippen LogP contribution in [0, 0.1) is 18.7 Å². The minimum atomic E-state index is -3.76. The van der Waals surface area contributed by atoms with Gasteiger partial charge in [-0.05, 0) is 43.5 Å². The monoisotopic (exact) mass is 340 g/mol. The third-order valence-corrected chi connectivity index (χ3v) is 6.58. The van der Waals surface area contributed by atoms with E-state index in [0.29, 0.717) is 25.1 Å². The fourth-order valence-corrected chi connectivity index (χ4v) is 5.46. The third-order valence-electron chi connectivity index (χ3n) is 4.67. The predicted octanol–water partition coefficient (Wildman–Crippen LogP) is 1.81. The summed E-state index contributed by atoms with van der Waals surface area (Å²) in [5, 5.41) is 2.78. The van der Waals surface area contributed by atoms with Crippen molar-refractivity contribution in [1.82, 2.24) is 9.62 Å². The summed E-state index contributed by atoms with van der Waals surface area (Å²) in [5.74, 6) is -0.582. The van der Waals surface area contributed by atoms with Gasteiger partial charge in [-0.25, -0.2) is 12.8 Å². The zero-order valence-electron chi connectivity index (χ0n) is 13.1. The molecule has 2 atom stereocenters. The van der Waals surface area contributed by atoms with Crippen molar-refractivity contribution >= 4 is 15.9 Å². The number of halogens is 1. The second-order valence-corrected chi connectivity index (χ2v) is 8.30. The van der Waals surface area contributed by atoms with Gasteiger partial charge in [-0.3, -0.25) is 4.79 Å². The number of benzene rings is 1. The molecular weight excluding hydrogens is 319 g/mol. The Morgan fingerprint density at radius 3 is 2.70 bits per heavy atom. The molecule has 126 valence electrons. The van der Waals surface area contributed by atoms with Gasteiger partial charge in [-0.1, -0.05) is 6.42 Å². The Morgan fingerprint density at radius 1 is 1.26 bits per heavy atom. The standard InChI is InChI=1S/C16H21FN2O3S/c1-11-6-13(17)9-14(7-11)23(21,22)19-5-3-2-4-15(19)12-8-16(20)18-10-12/h6-7,9,12,15H,2-5,8,10H2,1H3,(H,18,20)/t12-,15+/m1/s1. The van der Waals surface area contributed by atoms with Gasteiger partial charge in [0.05, 0.1) is 4.90 Å². The number of piperidine rings is 1. The molecule has 1 aromatic rings. The molecular formula is C16H21FN2O3S. The Hall–Kier alpha value is -1.47. The lowest BCUT2D eigenvalue weighted by atomic mass is 9.91. The molecule has 1 N–H and O–H groups in total. The SMILES string of the molecule is Cc1cc(F)cc(S(=O)(=O)N2CCCC[C@H]2[C@H]2CNC(=O)C2)c1. The van der Waals surface area contributed by atoms with Crippen molar-refractivity contribution < 1.29 is 17.6 Å². The summed E-state index contributed by atoms with van der Waals surface area (Å²) < 4.78 is 41.1. The van der Waals surface area contributed by atoms with Crippen molar-refractivity contribution in [3.05, 3.63) is 29.6 Å². The summed E-state index contributed by atoms with van der Waals surface area (Å²) >= 11 is 0. The highest BCUT2D eigenvalue weighted by Gasteiger charge is 2.40. The lowest BCUT2D eigenvalue weighted by Gasteiger charge is -2.37. The van der Waals surface area contributed by atoms with E-state index in [1.807, 2.05) is 0 Å². The van der Waals surface area contributed by atoms with Crippen LogP contribution in [0.1, 0.15) is 31.2 Å². The molecule has 3 rings (SSSR count). The van der Waals surface area contributed by atoms with Crippen LogP contribution in [0.3, 0.4) is 0 Å². The molecule has 0 aliphatic carbocycles. The number of hydrogen-bond donors (Lipinski definition) is 1. The maximum atomic E-state index is 13.6. The number of amides is 1. The number of nitrogens with zero attached hydrogens (tertiary/aromatic N) is 1. The summed E-state index contributed by atoms with van der Waals surface area (Å²) in [6.45, 7) is 2.61. The molecule has 7 heteroatoms. The van der Waals surface area contributed by atoms with Gasteiger partial charge in [0.2, 0.25) is 15.9 Å². The van der Waals surface area contributed by atoms with Crippen molar-refractivity contribution in [1.29, 1.82) is 0 Å². The number of sulfonamides is 1. The zero-order valence-corrected chi connectivity index (χ0v) is 13.9. The van der Waals surface area contributed by atoms with Gasteiger partial charge >= 0.3 is 0 Å². The minimum absolute atomic E-state index is 0.000757. The van der Waals surface area contributed by atoms with E-state index in [-0.39, 0.29) is 22.8 Å². The fourth-order valence-electron chi connectivity index (χ4n) is 3.59. The molecule has 0 spiro atoms. The van der Waals surface area contributed by atoms with Crippen molar-refractivity contribution in [2.75, 3.05) is 13.1 Å². The van der Waals surface area contributed by atoms with Gasteiger partial charge in [0.1, 0.15) is 5.82 Å². The number of aryl methyl sites for hydroxylation is 1. The van der Waals surface area contributed by atoms with E-state index in [2.05, 4.69) is 5.32 Å². The molecule has 2 fully saturated rings. The maximum Gasteiger partial charge on any atom is 0.243 e. The molecule has 1 aromatic carbocycles. The molecule has 2 heterocycles. The Morgan fingerprint density at radius 2 is 2.04 bits per heavy atom. The number of carbonyl (C=O) groups is 1. The Kier molecular flexibility index (Phi) is 4.42. The zero-order chi connectivity index (χ0) is 16.6. The summed E-state index contributed by atoms with van der Waals surface area (Å²) in [6.07, 6.45) is 2.84. The Bertz CT molecular complexity index is 700. The van der Waals surface area contributed by atoms with Crippen molar-refractivity contribution in [2.45, 2.75) is 43.5 Å². The van der Waals surface area contributed by atoms with Crippen molar-refractivity contribution in [3.63, 3.8) is 0 Å². The van der Waals surface area contributed by atoms with Gasteiger partial charge < -0.3 is 5.32 Å². The highest BCUT2D eigenvalue weighted by atomic mass is 32.2. The normalized spacial score (nSPS) is 26.3. The predicted molar refractivity (Wildman–Crippen MR) is 83.8 cm³/mol. The van der Waals surface area contributed by atoms with E-state index in [1.54, 1.807) is 6.92 Å². The van der Waals surface area contributed by atoms with Crippen LogP contribution in [0.2, 0.25) is 0 Å². The smallest absolute Gasteiger partial charge is 0.243 e. The molecule has 0 unspecified atom stereocenters. The summed E-state index contributed by atoms with van der Waals surface area (Å²) in [6, 6.07) is 3.69. The average Bonchev–Trinajstić information content (AvgIpc) is 2.93. The number of rotatable bonds is 3. The summed E-state index contributed by atoms with van der Waals surface area (Å²) in [7, 11) is -3.76. The van der Waals surface area contributed by atoms with Crippen molar-refractivity contribution in [3.8, 4) is 0 Å². The first-order chi connectivity index (χ1) is 10.9. The third kappa shape index (κ3) is 3.26. The van der Waals surface area contributed by atoms with E-state index in [4.69, 9.17) is 0 Å². The molecule has 1 amide bonds.